The molecular weight excluding hydrogens is 741 g/mol. The van der Waals surface area contributed by atoms with Gasteiger partial charge >= 0.3 is 12.1 Å². The number of carbonyl (C=O) groups is 3. The summed E-state index contributed by atoms with van der Waals surface area (Å²) in [5, 5.41) is 16.2. The summed E-state index contributed by atoms with van der Waals surface area (Å²) in [4.78, 5) is 63.5. The molecule has 5 atom stereocenters. The number of alkyl carbamates (subject to hydrolysis) is 1. The number of aliphatic carboxylic acids is 1. The third kappa shape index (κ3) is 8.02. The fourth-order valence-corrected chi connectivity index (χ4v) is 9.28. The number of fused-ring (bicyclic) bond motifs is 4. The fourth-order valence-electron chi connectivity index (χ4n) is 6.80. The van der Waals surface area contributed by atoms with Crippen LogP contribution in [0.2, 0.25) is 37.3 Å². The molecule has 2 amide bonds. The number of hydrogen-bond donors (Lipinski definition) is 4. The molecule has 1 aliphatic carbocycles. The topological polar surface area (TPSA) is 196 Å². The van der Waals surface area contributed by atoms with Gasteiger partial charge in [0, 0.05) is 12.8 Å². The lowest BCUT2D eigenvalue weighted by atomic mass is 9.95. The number of rotatable bonds is 12. The third-order valence-corrected chi connectivity index (χ3v) is 18.4. The first-order valence-corrected chi connectivity index (χ1v) is 24.5. The molecule has 3 heterocycles. The van der Waals surface area contributed by atoms with Crippen LogP contribution in [-0.2, 0) is 27.9 Å². The minimum atomic E-state index is -2.64. The minimum absolute atomic E-state index is 0.0173. The lowest BCUT2D eigenvalue weighted by molar-refractivity contribution is -0.210. The number of benzene rings is 2. The number of aromatic amines is 1. The van der Waals surface area contributed by atoms with Crippen molar-refractivity contribution in [3.8, 4) is 11.1 Å². The molecule has 0 unspecified atom stereocenters. The SMILES string of the molecule is CC(=O)Nc1nc2c(ncn2[C@@H]2O[C@H](C(=O)O)[C@@H](O[Si](C)(C)C(C)C)[C@H](O[Si](C)(C)C(C)C)[C@H]2NC(=O)OCC2c3ccccc3-c3ccccc32)c(=O)[nH]1. The van der Waals surface area contributed by atoms with Gasteiger partial charge in [-0.05, 0) is 59.5 Å². The second kappa shape index (κ2) is 15.5. The lowest BCUT2D eigenvalue weighted by Crippen LogP contribution is -2.67. The average Bonchev–Trinajstić information content (AvgIpc) is 3.67. The van der Waals surface area contributed by atoms with Crippen LogP contribution in [0.25, 0.3) is 22.3 Å². The van der Waals surface area contributed by atoms with E-state index >= 15 is 0 Å². The first kappa shape index (κ1) is 40.0. The van der Waals surface area contributed by atoms with E-state index in [4.69, 9.17) is 18.3 Å². The Hall–Kier alpha value is -4.69. The van der Waals surface area contributed by atoms with E-state index < -0.39 is 70.7 Å². The largest absolute Gasteiger partial charge is 0.479 e. The molecule has 2 aliphatic rings. The Bertz CT molecular complexity index is 2110. The number of H-pyrrole nitrogens is 1. The van der Waals surface area contributed by atoms with Crippen LogP contribution >= 0.6 is 0 Å². The summed E-state index contributed by atoms with van der Waals surface area (Å²) >= 11 is 0. The zero-order valence-electron chi connectivity index (χ0n) is 32.6. The summed E-state index contributed by atoms with van der Waals surface area (Å²) in [6, 6.07) is 14.9. The van der Waals surface area contributed by atoms with E-state index in [-0.39, 0.29) is 40.7 Å². The predicted molar refractivity (Wildman–Crippen MR) is 211 cm³/mol. The molecule has 0 radical (unpaired) electrons. The molecule has 2 aromatic heterocycles. The van der Waals surface area contributed by atoms with E-state index in [2.05, 4.69) is 25.6 Å². The van der Waals surface area contributed by atoms with Crippen molar-refractivity contribution < 1.29 is 37.8 Å². The van der Waals surface area contributed by atoms with Crippen LogP contribution in [-0.4, -0.2) is 90.2 Å². The Morgan fingerprint density at radius 2 is 1.49 bits per heavy atom. The normalized spacial score (nSPS) is 21.4. The van der Waals surface area contributed by atoms with Gasteiger partial charge in [-0.2, -0.15) is 4.98 Å². The molecule has 294 valence electrons. The Morgan fingerprint density at radius 1 is 0.927 bits per heavy atom. The van der Waals surface area contributed by atoms with Crippen molar-refractivity contribution in [2.24, 2.45) is 0 Å². The Balaban J connectivity index is 1.44. The van der Waals surface area contributed by atoms with Crippen molar-refractivity contribution in [3.05, 3.63) is 76.3 Å². The molecule has 15 nitrogen and oxygen atoms in total. The number of ether oxygens (including phenoxy) is 2. The Morgan fingerprint density at radius 3 is 2.04 bits per heavy atom. The van der Waals surface area contributed by atoms with Crippen molar-refractivity contribution in [1.29, 1.82) is 0 Å². The molecule has 0 saturated carbocycles. The van der Waals surface area contributed by atoms with E-state index in [0.717, 1.165) is 22.3 Å². The highest BCUT2D eigenvalue weighted by Crippen LogP contribution is 2.45. The van der Waals surface area contributed by atoms with Gasteiger partial charge in [-0.3, -0.25) is 24.5 Å². The molecule has 17 heteroatoms. The predicted octanol–water partition coefficient (Wildman–Crippen LogP) is 5.97. The summed E-state index contributed by atoms with van der Waals surface area (Å²) in [5.74, 6) is -2.14. The standard InChI is InChI=1S/C38H50N6O9Si2/c1-20(2)54(6,7)52-30-28(41-38(49)50-18-27-25-16-12-10-14-23(25)24-15-11-13-17-26(24)27)35(51-32(36(47)48)31(30)53-55(8,9)21(3)4)44-19-39-29-33(44)42-37(40-22(5)45)43-34(29)46/h10-17,19-21,27-28,30-32,35H,18H2,1-9H3,(H,41,49)(H,47,48)(H2,40,42,43,45,46)/t28-,30-,31+,32+,35-/m1/s1. The minimum Gasteiger partial charge on any atom is -0.479 e. The van der Waals surface area contributed by atoms with E-state index in [1.54, 1.807) is 0 Å². The van der Waals surface area contributed by atoms with Gasteiger partial charge in [-0.25, -0.2) is 14.6 Å². The number of aromatic nitrogens is 4. The lowest BCUT2D eigenvalue weighted by Gasteiger charge is -2.50. The molecular formula is C38H50N6O9Si2. The fraction of sp³-hybridized carbons (Fsp3) is 0.474. The number of amides is 2. The summed E-state index contributed by atoms with van der Waals surface area (Å²) in [6.45, 7) is 17.5. The van der Waals surface area contributed by atoms with Gasteiger partial charge in [0.1, 0.15) is 18.8 Å². The number of nitrogens with zero attached hydrogens (tertiary/aromatic N) is 3. The summed E-state index contributed by atoms with van der Waals surface area (Å²) in [5.41, 5.74) is 3.64. The first-order valence-electron chi connectivity index (χ1n) is 18.5. The molecule has 4 aromatic rings. The van der Waals surface area contributed by atoms with Gasteiger partial charge in [0.25, 0.3) is 5.56 Å². The number of nitrogens with one attached hydrogen (secondary N) is 3. The maximum atomic E-state index is 14.1. The molecule has 55 heavy (non-hydrogen) atoms. The number of hydrogen-bond acceptors (Lipinski definition) is 10. The molecule has 4 N–H and O–H groups in total. The number of imidazole rings is 1. The van der Waals surface area contributed by atoms with Crippen LogP contribution in [0, 0.1) is 0 Å². The molecule has 1 saturated heterocycles. The summed E-state index contributed by atoms with van der Waals surface area (Å²) < 4.78 is 27.7. The van der Waals surface area contributed by atoms with E-state index in [9.17, 15) is 24.3 Å². The zero-order chi connectivity index (χ0) is 40.0. The smallest absolute Gasteiger partial charge is 0.407 e. The van der Waals surface area contributed by atoms with Crippen molar-refractivity contribution in [1.82, 2.24) is 24.8 Å². The Labute approximate surface area is 321 Å². The van der Waals surface area contributed by atoms with Gasteiger partial charge < -0.3 is 28.7 Å². The van der Waals surface area contributed by atoms with Crippen molar-refractivity contribution >= 4 is 51.7 Å². The number of carboxylic acid groups (broad SMARTS) is 1. The number of carbonyl (C=O) groups excluding carboxylic acids is 2. The second-order valence-electron chi connectivity index (χ2n) is 15.9. The molecule has 1 aliphatic heterocycles. The third-order valence-electron chi connectivity index (χ3n) is 11.1. The van der Waals surface area contributed by atoms with E-state index in [1.807, 2.05) is 102 Å². The van der Waals surface area contributed by atoms with Crippen molar-refractivity contribution in [2.45, 2.75) is 108 Å². The Kier molecular flexibility index (Phi) is 11.2. The van der Waals surface area contributed by atoms with Crippen LogP contribution in [0.1, 0.15) is 57.9 Å². The van der Waals surface area contributed by atoms with Crippen LogP contribution in [0.15, 0.2) is 59.7 Å². The van der Waals surface area contributed by atoms with Gasteiger partial charge in [-0.1, -0.05) is 76.2 Å². The quantitative estimate of drug-likeness (QED) is 0.124. The maximum Gasteiger partial charge on any atom is 0.407 e. The second-order valence-corrected chi connectivity index (χ2v) is 25.1. The van der Waals surface area contributed by atoms with Crippen LogP contribution < -0.4 is 16.2 Å². The molecule has 2 aromatic carbocycles. The van der Waals surface area contributed by atoms with Crippen LogP contribution in [0.3, 0.4) is 0 Å². The summed E-state index contributed by atoms with van der Waals surface area (Å²) in [7, 11) is -5.24. The molecule has 6 rings (SSSR count). The van der Waals surface area contributed by atoms with Gasteiger partial charge in [-0.15, -0.1) is 0 Å². The van der Waals surface area contributed by atoms with Crippen LogP contribution in [0.5, 0.6) is 0 Å². The zero-order valence-corrected chi connectivity index (χ0v) is 34.6. The highest BCUT2D eigenvalue weighted by atomic mass is 28.4. The average molecular weight is 791 g/mol. The van der Waals surface area contributed by atoms with Gasteiger partial charge in [0.2, 0.25) is 11.9 Å². The van der Waals surface area contributed by atoms with Crippen molar-refractivity contribution in [2.75, 3.05) is 11.9 Å². The van der Waals surface area contributed by atoms with E-state index in [1.165, 1.54) is 17.8 Å². The first-order chi connectivity index (χ1) is 25.9. The van der Waals surface area contributed by atoms with Gasteiger partial charge in [0.05, 0.1) is 12.4 Å². The monoisotopic (exact) mass is 790 g/mol. The van der Waals surface area contributed by atoms with Crippen LogP contribution in [0.4, 0.5) is 10.7 Å². The number of carboxylic acids is 1. The molecule has 0 spiro atoms. The van der Waals surface area contributed by atoms with Gasteiger partial charge in [0.15, 0.2) is 40.1 Å². The highest BCUT2D eigenvalue weighted by molar-refractivity contribution is 6.73. The molecule has 0 bridgehead atoms. The summed E-state index contributed by atoms with van der Waals surface area (Å²) in [6.07, 6.45) is -4.62. The van der Waals surface area contributed by atoms with E-state index in [0.29, 0.717) is 0 Å². The highest BCUT2D eigenvalue weighted by Gasteiger charge is 2.55. The number of anilines is 1. The molecule has 1 fully saturated rings. The van der Waals surface area contributed by atoms with Crippen molar-refractivity contribution in [3.63, 3.8) is 0 Å². The maximum absolute atomic E-state index is 14.1.